The first-order chi connectivity index (χ1) is 23.2. The van der Waals surface area contributed by atoms with E-state index in [1.807, 2.05) is 54.6 Å². The van der Waals surface area contributed by atoms with Crippen molar-refractivity contribution < 1.29 is 54.5 Å². The van der Waals surface area contributed by atoms with Crippen LogP contribution in [-0.4, -0.2) is 45.9 Å². The number of nitrogens with zero attached hydrogens (tertiary/aromatic N) is 4. The molecule has 0 atom stereocenters. The third kappa shape index (κ3) is 13.2. The minimum Gasteiger partial charge on any atom is -0.543 e. The fraction of sp³-hybridized carbons (Fsp3) is 0.162. The third-order valence-electron chi connectivity index (χ3n) is 6.74. The molecule has 3 aromatic heterocycles. The van der Waals surface area contributed by atoms with Crippen LogP contribution in [0.15, 0.2) is 109 Å². The number of pyridine rings is 3. The van der Waals surface area contributed by atoms with E-state index < -0.39 is 17.9 Å². The van der Waals surface area contributed by atoms with Crippen molar-refractivity contribution in [3.8, 4) is 6.07 Å². The van der Waals surface area contributed by atoms with Crippen molar-refractivity contribution in [2.45, 2.75) is 26.2 Å². The molecule has 1 aliphatic rings. The SMILES string of the molecule is C1CC[NH2+]CC1.CC#N.O=C([O-])c1ccc2ccccc2n1.O=C([O-])c1ccc2ccccc2n1.O=C([O-])c1ccc2ccccc2n1.[Zn+2]. The molecule has 0 aliphatic carbocycles. The van der Waals surface area contributed by atoms with E-state index in [-0.39, 0.29) is 36.6 Å². The number of carbonyl (C=O) groups is 3. The number of quaternary nitrogens is 1. The molecule has 0 radical (unpaired) electrons. The van der Waals surface area contributed by atoms with E-state index in [0.29, 0.717) is 16.6 Å². The van der Waals surface area contributed by atoms with Crippen molar-refractivity contribution in [1.82, 2.24) is 15.0 Å². The zero-order valence-electron chi connectivity index (χ0n) is 27.0. The third-order valence-corrected chi connectivity index (χ3v) is 6.74. The predicted molar refractivity (Wildman–Crippen MR) is 175 cm³/mol. The van der Waals surface area contributed by atoms with Crippen LogP contribution in [0.25, 0.3) is 32.7 Å². The van der Waals surface area contributed by atoms with Crippen molar-refractivity contribution in [3.63, 3.8) is 0 Å². The summed E-state index contributed by atoms with van der Waals surface area (Å²) in [4.78, 5) is 43.2. The van der Waals surface area contributed by atoms with Crippen LogP contribution in [0.5, 0.6) is 0 Å². The van der Waals surface area contributed by atoms with Gasteiger partial charge >= 0.3 is 19.5 Å². The number of carboxylic acid groups (broad SMARTS) is 3. The van der Waals surface area contributed by atoms with E-state index >= 15 is 0 Å². The summed E-state index contributed by atoms with van der Waals surface area (Å²) in [6.07, 6.45) is 4.36. The van der Waals surface area contributed by atoms with E-state index in [2.05, 4.69) is 20.3 Å². The number of nitrogens with two attached hydrogens (primary N) is 1. The van der Waals surface area contributed by atoms with E-state index in [1.165, 1.54) is 57.5 Å². The summed E-state index contributed by atoms with van der Waals surface area (Å²) >= 11 is 0. The molecule has 7 rings (SSSR count). The molecule has 12 heteroatoms. The van der Waals surface area contributed by atoms with Crippen LogP contribution in [0.1, 0.15) is 57.7 Å². The van der Waals surface area contributed by atoms with Gasteiger partial charge in [-0.3, -0.25) is 0 Å². The number of carboxylic acids is 3. The maximum atomic E-state index is 10.5. The molecule has 0 amide bonds. The molecule has 0 unspecified atom stereocenters. The smallest absolute Gasteiger partial charge is 0.543 e. The van der Waals surface area contributed by atoms with E-state index in [9.17, 15) is 29.7 Å². The van der Waals surface area contributed by atoms with Gasteiger partial charge in [0.15, 0.2) is 0 Å². The molecule has 49 heavy (non-hydrogen) atoms. The molecule has 0 spiro atoms. The Bertz CT molecular complexity index is 1810. The fourth-order valence-electron chi connectivity index (χ4n) is 4.44. The molecular formula is C37H33N5O6Zn. The van der Waals surface area contributed by atoms with Gasteiger partial charge in [0.1, 0.15) is 0 Å². The van der Waals surface area contributed by atoms with Crippen molar-refractivity contribution in [2.24, 2.45) is 0 Å². The first-order valence-corrected chi connectivity index (χ1v) is 15.1. The molecule has 2 N–H and O–H groups in total. The van der Waals surface area contributed by atoms with Gasteiger partial charge in [-0.1, -0.05) is 72.8 Å². The number of rotatable bonds is 3. The number of hydrogen-bond donors (Lipinski definition) is 1. The van der Waals surface area contributed by atoms with Gasteiger partial charge < -0.3 is 35.0 Å². The van der Waals surface area contributed by atoms with Crippen molar-refractivity contribution in [2.75, 3.05) is 13.1 Å². The maximum absolute atomic E-state index is 10.5. The Labute approximate surface area is 296 Å². The molecule has 1 fully saturated rings. The molecular weight excluding hydrogens is 676 g/mol. The molecule has 244 valence electrons. The van der Waals surface area contributed by atoms with Crippen LogP contribution in [0.4, 0.5) is 0 Å². The minimum atomic E-state index is -1.24. The average molecular weight is 709 g/mol. The second-order valence-corrected chi connectivity index (χ2v) is 10.2. The summed E-state index contributed by atoms with van der Waals surface area (Å²) in [5, 5.41) is 43.9. The minimum absolute atomic E-state index is 0. The first-order valence-electron chi connectivity index (χ1n) is 15.1. The fourth-order valence-corrected chi connectivity index (χ4v) is 4.44. The number of benzene rings is 3. The number of piperidine rings is 1. The van der Waals surface area contributed by atoms with Crippen LogP contribution in [0.2, 0.25) is 0 Å². The number of aromatic nitrogens is 3. The summed E-state index contributed by atoms with van der Waals surface area (Å²) in [6, 6.07) is 33.2. The molecule has 1 saturated heterocycles. The largest absolute Gasteiger partial charge is 2.00 e. The molecule has 4 heterocycles. The second-order valence-electron chi connectivity index (χ2n) is 10.2. The number of aromatic carboxylic acids is 3. The van der Waals surface area contributed by atoms with Gasteiger partial charge in [0.05, 0.1) is 70.7 Å². The van der Waals surface area contributed by atoms with Crippen molar-refractivity contribution >= 4 is 50.6 Å². The van der Waals surface area contributed by atoms with Gasteiger partial charge in [0.25, 0.3) is 0 Å². The van der Waals surface area contributed by atoms with Crippen molar-refractivity contribution in [1.29, 1.82) is 5.26 Å². The predicted octanol–water partition coefficient (Wildman–Crippen LogP) is 2.06. The van der Waals surface area contributed by atoms with Gasteiger partial charge in [-0.25, -0.2) is 15.0 Å². The Hall–Kier alpha value is -5.63. The standard InChI is InChI=1S/3C10H7NO2.C5H11N.C2H3N.Zn/c3*12-10(13)9-6-5-7-3-1-2-4-8(7)11-9;1-2-4-6-5-3-1;1-2-3;/h3*1-6H,(H,12,13);6H,1-5H2;1H3;/q;;;;;+2/p-2. The van der Waals surface area contributed by atoms with E-state index in [0.717, 1.165) is 16.2 Å². The Balaban J connectivity index is 0.000000225. The van der Waals surface area contributed by atoms with Gasteiger partial charge in [0, 0.05) is 23.1 Å². The van der Waals surface area contributed by atoms with Gasteiger partial charge in [0.2, 0.25) is 0 Å². The summed E-state index contributed by atoms with van der Waals surface area (Å²) in [5.41, 5.74) is 1.92. The first kappa shape index (κ1) is 39.6. The van der Waals surface area contributed by atoms with E-state index in [4.69, 9.17) is 5.26 Å². The van der Waals surface area contributed by atoms with Gasteiger partial charge in [-0.15, -0.1) is 0 Å². The summed E-state index contributed by atoms with van der Waals surface area (Å²) < 4.78 is 0. The second kappa shape index (κ2) is 21.3. The van der Waals surface area contributed by atoms with Crippen molar-refractivity contribution in [3.05, 3.63) is 126 Å². The van der Waals surface area contributed by atoms with Crippen LogP contribution < -0.4 is 20.6 Å². The molecule has 6 aromatic rings. The molecule has 3 aromatic carbocycles. The Kier molecular flexibility index (Phi) is 17.2. The summed E-state index contributed by atoms with van der Waals surface area (Å²) in [7, 11) is 0. The van der Waals surface area contributed by atoms with E-state index in [1.54, 1.807) is 42.5 Å². The monoisotopic (exact) mass is 707 g/mol. The number of fused-ring (bicyclic) bond motifs is 3. The van der Waals surface area contributed by atoms with Crippen LogP contribution in [0.3, 0.4) is 0 Å². The summed E-state index contributed by atoms with van der Waals surface area (Å²) in [5.74, 6) is -3.73. The Morgan fingerprint density at radius 1 is 0.551 bits per heavy atom. The Morgan fingerprint density at radius 3 is 1.06 bits per heavy atom. The Morgan fingerprint density at radius 2 is 0.837 bits per heavy atom. The topological polar surface area (TPSA) is 199 Å². The zero-order chi connectivity index (χ0) is 34.7. The normalized spacial score (nSPS) is 11.2. The molecule has 11 nitrogen and oxygen atoms in total. The van der Waals surface area contributed by atoms with Crippen LogP contribution >= 0.6 is 0 Å². The summed E-state index contributed by atoms with van der Waals surface area (Å²) in [6.45, 7) is 4.18. The van der Waals surface area contributed by atoms with Gasteiger partial charge in [-0.2, -0.15) is 5.26 Å². The van der Waals surface area contributed by atoms with Gasteiger partial charge in [-0.05, 0) is 55.7 Å². The quantitative estimate of drug-likeness (QED) is 0.266. The molecule has 1 aliphatic heterocycles. The number of hydrogen-bond acceptors (Lipinski definition) is 10. The van der Waals surface area contributed by atoms with Crippen LogP contribution in [-0.2, 0) is 19.5 Å². The molecule has 0 bridgehead atoms. The molecule has 0 saturated carbocycles. The maximum Gasteiger partial charge on any atom is 2.00 e. The average Bonchev–Trinajstić information content (AvgIpc) is 3.13. The number of para-hydroxylation sites is 3. The number of carbonyl (C=O) groups excluding carboxylic acids is 3. The van der Waals surface area contributed by atoms with Crippen LogP contribution in [0, 0.1) is 11.3 Å². The zero-order valence-corrected chi connectivity index (χ0v) is 29.9. The number of nitriles is 1.